The van der Waals surface area contributed by atoms with E-state index in [-0.39, 0.29) is 29.2 Å². The Morgan fingerprint density at radius 3 is 2.65 bits per heavy atom. The number of rotatable bonds is 5. The number of methoxy groups -OCH3 is 1. The number of phenolic OH excluding ortho intramolecular Hbond substituents is 1. The van der Waals surface area contributed by atoms with Gasteiger partial charge in [0.2, 0.25) is 0 Å². The number of carboxylic acid groups (broad SMARTS) is 1. The van der Waals surface area contributed by atoms with E-state index in [2.05, 4.69) is 0 Å². The van der Waals surface area contributed by atoms with Crippen LogP contribution >= 0.6 is 0 Å². The highest BCUT2D eigenvalue weighted by atomic mass is 16.5. The number of nitrogens with two attached hydrogens (primary N) is 1. The predicted molar refractivity (Wildman–Crippen MR) is 59.5 cm³/mol. The van der Waals surface area contributed by atoms with Gasteiger partial charge in [0.05, 0.1) is 13.0 Å². The summed E-state index contributed by atoms with van der Waals surface area (Å²) in [5, 5.41) is 18.5. The maximum absolute atomic E-state index is 11.0. The molecular formula is C11H13NO5. The Bertz CT molecular complexity index is 444. The van der Waals surface area contributed by atoms with Gasteiger partial charge >= 0.3 is 5.97 Å². The van der Waals surface area contributed by atoms with Crippen LogP contribution in [0, 0.1) is 0 Å². The van der Waals surface area contributed by atoms with Crippen molar-refractivity contribution >= 4 is 12.3 Å². The van der Waals surface area contributed by atoms with Crippen molar-refractivity contribution in [3.8, 4) is 11.5 Å². The lowest BCUT2D eigenvalue weighted by molar-refractivity contribution is -0.138. The van der Waals surface area contributed by atoms with Crippen LogP contribution in [-0.2, 0) is 4.79 Å². The quantitative estimate of drug-likeness (QED) is 0.639. The lowest BCUT2D eigenvalue weighted by Gasteiger charge is -2.14. The molecule has 1 atom stereocenters. The average molecular weight is 239 g/mol. The van der Waals surface area contributed by atoms with Crippen LogP contribution in [0.4, 0.5) is 0 Å². The molecule has 0 aliphatic carbocycles. The summed E-state index contributed by atoms with van der Waals surface area (Å²) in [7, 11) is 1.33. The van der Waals surface area contributed by atoms with E-state index in [0.29, 0.717) is 6.29 Å². The van der Waals surface area contributed by atoms with E-state index in [1.54, 1.807) is 0 Å². The van der Waals surface area contributed by atoms with Crippen molar-refractivity contribution in [2.24, 2.45) is 5.73 Å². The molecule has 0 aliphatic heterocycles. The Hall–Kier alpha value is -2.08. The number of aromatic hydroxyl groups is 1. The summed E-state index contributed by atoms with van der Waals surface area (Å²) in [5.74, 6) is -2.31. The number of carbonyl (C=O) groups is 2. The molecule has 4 N–H and O–H groups in total. The van der Waals surface area contributed by atoms with Crippen LogP contribution in [-0.4, -0.2) is 36.1 Å². The summed E-state index contributed by atoms with van der Waals surface area (Å²) in [6, 6.07) is 2.47. The first kappa shape index (κ1) is 13.0. The second-order valence-corrected chi connectivity index (χ2v) is 3.40. The predicted octanol–water partition coefficient (Wildman–Crippen LogP) is 0.340. The van der Waals surface area contributed by atoms with Crippen LogP contribution in [0.1, 0.15) is 21.8 Å². The van der Waals surface area contributed by atoms with Gasteiger partial charge in [0.15, 0.2) is 11.5 Å². The summed E-state index contributed by atoms with van der Waals surface area (Å²) >= 11 is 0. The number of hydrogen-bond acceptors (Lipinski definition) is 5. The van der Waals surface area contributed by atoms with Crippen molar-refractivity contribution in [3.63, 3.8) is 0 Å². The molecule has 0 saturated carbocycles. The highest BCUT2D eigenvalue weighted by molar-refractivity contribution is 5.85. The number of hydrogen-bond donors (Lipinski definition) is 3. The summed E-state index contributed by atoms with van der Waals surface area (Å²) in [6.45, 7) is -0.165. The molecule has 0 aromatic heterocycles. The summed E-state index contributed by atoms with van der Waals surface area (Å²) in [5.41, 5.74) is 5.65. The molecular weight excluding hydrogens is 226 g/mol. The standard InChI is InChI=1S/C11H13NO5/c1-17-10-2-6(5-13)7(3-9(10)14)8(4-12)11(15)16/h2-3,5,8,14H,4,12H2,1H3,(H,15,16). The van der Waals surface area contributed by atoms with Gasteiger partial charge in [0.25, 0.3) is 0 Å². The zero-order valence-electron chi connectivity index (χ0n) is 9.21. The Morgan fingerprint density at radius 1 is 1.59 bits per heavy atom. The van der Waals surface area contributed by atoms with Gasteiger partial charge in [-0.2, -0.15) is 0 Å². The smallest absolute Gasteiger partial charge is 0.312 e. The number of carbonyl (C=O) groups excluding carboxylic acids is 1. The Morgan fingerprint density at radius 2 is 2.24 bits per heavy atom. The largest absolute Gasteiger partial charge is 0.504 e. The lowest BCUT2D eigenvalue weighted by Crippen LogP contribution is -2.22. The van der Waals surface area contributed by atoms with Crippen molar-refractivity contribution < 1.29 is 24.5 Å². The third-order valence-electron chi connectivity index (χ3n) is 2.42. The third-order valence-corrected chi connectivity index (χ3v) is 2.42. The van der Waals surface area contributed by atoms with Crippen LogP contribution in [0.15, 0.2) is 12.1 Å². The molecule has 92 valence electrons. The monoisotopic (exact) mass is 239 g/mol. The lowest BCUT2D eigenvalue weighted by atomic mass is 9.94. The summed E-state index contributed by atoms with van der Waals surface area (Å²) in [4.78, 5) is 21.8. The molecule has 1 aromatic rings. The molecule has 17 heavy (non-hydrogen) atoms. The molecule has 0 spiro atoms. The normalized spacial score (nSPS) is 11.9. The number of aldehydes is 1. The van der Waals surface area contributed by atoms with Gasteiger partial charge in [-0.15, -0.1) is 0 Å². The molecule has 1 rings (SSSR count). The van der Waals surface area contributed by atoms with Gasteiger partial charge < -0.3 is 20.7 Å². The first-order chi connectivity index (χ1) is 8.04. The fourth-order valence-corrected chi connectivity index (χ4v) is 1.53. The van der Waals surface area contributed by atoms with Crippen molar-refractivity contribution in [2.75, 3.05) is 13.7 Å². The minimum absolute atomic E-state index is 0.108. The average Bonchev–Trinajstić information content (AvgIpc) is 2.30. The van der Waals surface area contributed by atoms with Crippen molar-refractivity contribution in [1.82, 2.24) is 0 Å². The van der Waals surface area contributed by atoms with E-state index < -0.39 is 11.9 Å². The SMILES string of the molecule is COc1cc(C=O)c(C(CN)C(=O)O)cc1O. The maximum Gasteiger partial charge on any atom is 0.312 e. The van der Waals surface area contributed by atoms with Crippen LogP contribution in [0.25, 0.3) is 0 Å². The molecule has 6 heteroatoms. The zero-order valence-corrected chi connectivity index (χ0v) is 9.21. The molecule has 0 bridgehead atoms. The highest BCUT2D eigenvalue weighted by Crippen LogP contribution is 2.32. The Labute approximate surface area is 97.6 Å². The van der Waals surface area contributed by atoms with Crippen molar-refractivity contribution in [1.29, 1.82) is 0 Å². The molecule has 1 aromatic carbocycles. The van der Waals surface area contributed by atoms with E-state index in [0.717, 1.165) is 0 Å². The molecule has 0 heterocycles. The van der Waals surface area contributed by atoms with Crippen LogP contribution < -0.4 is 10.5 Å². The third kappa shape index (κ3) is 2.54. The first-order valence-electron chi connectivity index (χ1n) is 4.84. The fourth-order valence-electron chi connectivity index (χ4n) is 1.53. The van der Waals surface area contributed by atoms with E-state index in [1.807, 2.05) is 0 Å². The van der Waals surface area contributed by atoms with E-state index in [4.69, 9.17) is 15.6 Å². The molecule has 1 unspecified atom stereocenters. The molecule has 6 nitrogen and oxygen atoms in total. The van der Waals surface area contributed by atoms with Gasteiger partial charge in [0, 0.05) is 12.1 Å². The number of ether oxygens (including phenoxy) is 1. The van der Waals surface area contributed by atoms with E-state index in [1.165, 1.54) is 19.2 Å². The summed E-state index contributed by atoms with van der Waals surface area (Å²) < 4.78 is 4.83. The van der Waals surface area contributed by atoms with Gasteiger partial charge in [-0.25, -0.2) is 0 Å². The Balaban J connectivity index is 3.36. The molecule has 0 aliphatic rings. The number of benzene rings is 1. The highest BCUT2D eigenvalue weighted by Gasteiger charge is 2.23. The maximum atomic E-state index is 11.0. The van der Waals surface area contributed by atoms with Gasteiger partial charge in [-0.3, -0.25) is 9.59 Å². The topological polar surface area (TPSA) is 110 Å². The molecule has 0 saturated heterocycles. The van der Waals surface area contributed by atoms with Gasteiger partial charge in [-0.05, 0) is 17.7 Å². The van der Waals surface area contributed by atoms with E-state index >= 15 is 0 Å². The zero-order chi connectivity index (χ0) is 13.0. The molecule has 0 radical (unpaired) electrons. The summed E-state index contributed by atoms with van der Waals surface area (Å²) in [6.07, 6.45) is 0.503. The second kappa shape index (κ2) is 5.31. The van der Waals surface area contributed by atoms with Gasteiger partial charge in [-0.1, -0.05) is 0 Å². The van der Waals surface area contributed by atoms with E-state index in [9.17, 15) is 14.7 Å². The minimum Gasteiger partial charge on any atom is -0.504 e. The fraction of sp³-hybridized carbons (Fsp3) is 0.273. The Kier molecular flexibility index (Phi) is 4.06. The number of carboxylic acids is 1. The minimum atomic E-state index is -1.15. The second-order valence-electron chi connectivity index (χ2n) is 3.40. The number of aliphatic carboxylic acids is 1. The number of phenols is 1. The van der Waals surface area contributed by atoms with Crippen molar-refractivity contribution in [2.45, 2.75) is 5.92 Å². The molecule has 0 fully saturated rings. The van der Waals surface area contributed by atoms with Crippen LogP contribution in [0.2, 0.25) is 0 Å². The van der Waals surface area contributed by atoms with Gasteiger partial charge in [0.1, 0.15) is 6.29 Å². The van der Waals surface area contributed by atoms with Crippen LogP contribution in [0.3, 0.4) is 0 Å². The van der Waals surface area contributed by atoms with Crippen molar-refractivity contribution in [3.05, 3.63) is 23.3 Å². The first-order valence-corrected chi connectivity index (χ1v) is 4.84. The molecule has 0 amide bonds. The van der Waals surface area contributed by atoms with Crippen LogP contribution in [0.5, 0.6) is 11.5 Å².